The van der Waals surface area contributed by atoms with Crippen LogP contribution in [-0.2, 0) is 9.84 Å². The molecule has 5 nitrogen and oxygen atoms in total. The highest BCUT2D eigenvalue weighted by Crippen LogP contribution is 2.18. The van der Waals surface area contributed by atoms with Gasteiger partial charge in [0.1, 0.15) is 4.32 Å². The summed E-state index contributed by atoms with van der Waals surface area (Å²) in [5, 5.41) is 0. The largest absolute Gasteiger partial charge is 0.399 e. The maximum absolute atomic E-state index is 12.5. The van der Waals surface area contributed by atoms with E-state index in [4.69, 9.17) is 30.2 Å². The number of piperazine rings is 1. The van der Waals surface area contributed by atoms with Gasteiger partial charge in [0.2, 0.25) is 14.2 Å². The fourth-order valence-electron chi connectivity index (χ4n) is 2.00. The van der Waals surface area contributed by atoms with Gasteiger partial charge in [0.25, 0.3) is 0 Å². The Balaban J connectivity index is 2.13. The molecule has 1 saturated heterocycles. The molecular weight excluding hydrogens is 346 g/mol. The van der Waals surface area contributed by atoms with Crippen LogP contribution in [0, 0.1) is 0 Å². The van der Waals surface area contributed by atoms with Crippen LogP contribution in [0.5, 0.6) is 0 Å². The summed E-state index contributed by atoms with van der Waals surface area (Å²) in [5.41, 5.74) is 6.08. The fraction of sp³-hybridized carbons (Fsp3) is 0.333. The van der Waals surface area contributed by atoms with Crippen LogP contribution in [-0.4, -0.2) is 53.0 Å². The van der Waals surface area contributed by atoms with Crippen LogP contribution < -0.4 is 5.73 Å². The average Bonchev–Trinajstić information content (AvgIpc) is 2.47. The van der Waals surface area contributed by atoms with E-state index < -0.39 is 9.84 Å². The van der Waals surface area contributed by atoms with E-state index in [2.05, 4.69) is 12.6 Å². The molecule has 0 aromatic heterocycles. The molecule has 0 saturated carbocycles. The van der Waals surface area contributed by atoms with Gasteiger partial charge in [0.15, 0.2) is 0 Å². The summed E-state index contributed by atoms with van der Waals surface area (Å²) >= 11 is 14.3. The monoisotopic (exact) mass is 361 g/mol. The molecule has 114 valence electrons. The molecule has 9 heteroatoms. The summed E-state index contributed by atoms with van der Waals surface area (Å²) in [6.45, 7) is 2.24. The number of hydrogen-bond acceptors (Lipinski definition) is 5. The van der Waals surface area contributed by atoms with Gasteiger partial charge in [0.05, 0.1) is 4.90 Å². The van der Waals surface area contributed by atoms with Crippen LogP contribution in [0.2, 0.25) is 0 Å². The molecule has 1 aromatic rings. The Morgan fingerprint density at radius 3 is 2.00 bits per heavy atom. The number of nitrogens with zero attached hydrogens (tertiary/aromatic N) is 2. The van der Waals surface area contributed by atoms with Gasteiger partial charge in [-0.15, -0.1) is 12.6 Å². The molecule has 0 bridgehead atoms. The second kappa shape index (κ2) is 6.47. The van der Waals surface area contributed by atoms with Gasteiger partial charge >= 0.3 is 0 Å². The molecule has 1 aliphatic heterocycles. The lowest BCUT2D eigenvalue weighted by Crippen LogP contribution is -2.50. The second-order valence-corrected chi connectivity index (χ2v) is 8.22. The summed E-state index contributed by atoms with van der Waals surface area (Å²) in [4.78, 5) is 3.76. The van der Waals surface area contributed by atoms with Gasteiger partial charge in [-0.05, 0) is 36.5 Å². The van der Waals surface area contributed by atoms with E-state index in [-0.39, 0.29) is 9.22 Å². The van der Waals surface area contributed by atoms with Crippen molar-refractivity contribution in [2.45, 2.75) is 4.90 Å². The lowest BCUT2D eigenvalue weighted by atomic mass is 10.3. The molecular formula is C12H15N3O2S4. The first-order valence-electron chi connectivity index (χ1n) is 6.20. The van der Waals surface area contributed by atoms with Crippen LogP contribution in [0.1, 0.15) is 0 Å². The standard InChI is InChI=1S/C12H15N3O2S4/c13-9-1-3-10(4-2-9)21(16,17)12(20)15-7-5-14(6-8-15)11(18)19/h1-4H,5-8,13H2,(H,18,19). The highest BCUT2D eigenvalue weighted by Gasteiger charge is 2.28. The van der Waals surface area contributed by atoms with Crippen molar-refractivity contribution in [1.82, 2.24) is 9.80 Å². The minimum atomic E-state index is -3.66. The van der Waals surface area contributed by atoms with Gasteiger partial charge in [0, 0.05) is 31.9 Å². The minimum Gasteiger partial charge on any atom is -0.399 e. The molecule has 2 rings (SSSR count). The Morgan fingerprint density at radius 1 is 1.05 bits per heavy atom. The molecule has 21 heavy (non-hydrogen) atoms. The Labute approximate surface area is 140 Å². The van der Waals surface area contributed by atoms with Crippen LogP contribution in [0.4, 0.5) is 5.69 Å². The zero-order chi connectivity index (χ0) is 15.6. The summed E-state index contributed by atoms with van der Waals surface area (Å²) in [6, 6.07) is 6.03. The number of sulfone groups is 1. The third kappa shape index (κ3) is 3.65. The van der Waals surface area contributed by atoms with Crippen LogP contribution in [0.25, 0.3) is 0 Å². The smallest absolute Gasteiger partial charge is 0.232 e. The van der Waals surface area contributed by atoms with Crippen molar-refractivity contribution in [3.63, 3.8) is 0 Å². The number of nitrogen functional groups attached to an aromatic ring is 1. The van der Waals surface area contributed by atoms with Crippen molar-refractivity contribution in [3.8, 4) is 0 Å². The second-order valence-electron chi connectivity index (χ2n) is 4.60. The van der Waals surface area contributed by atoms with Gasteiger partial charge in [-0.2, -0.15) is 0 Å². The van der Waals surface area contributed by atoms with Gasteiger partial charge in [-0.1, -0.05) is 12.2 Å². The van der Waals surface area contributed by atoms with Gasteiger partial charge in [-0.3, -0.25) is 0 Å². The first-order chi connectivity index (χ1) is 9.82. The maximum Gasteiger partial charge on any atom is 0.232 e. The summed E-state index contributed by atoms with van der Waals surface area (Å²) in [5.74, 6) is 0. The third-order valence-corrected chi connectivity index (χ3v) is 6.30. The Morgan fingerprint density at radius 2 is 1.52 bits per heavy atom. The Hall–Kier alpha value is -0.900. The SMILES string of the molecule is Nc1ccc(S(=O)(=O)C(=S)N2CCN(C(=S)S)CC2)cc1. The lowest BCUT2D eigenvalue weighted by Gasteiger charge is -2.36. The number of anilines is 1. The zero-order valence-corrected chi connectivity index (χ0v) is 14.4. The first-order valence-corrected chi connectivity index (χ1v) is 8.94. The summed E-state index contributed by atoms with van der Waals surface area (Å²) in [6.07, 6.45) is 0. The molecule has 1 aliphatic rings. The predicted octanol–water partition coefficient (Wildman–Crippen LogP) is 1.16. The number of hydrogen-bond donors (Lipinski definition) is 2. The summed E-state index contributed by atoms with van der Waals surface area (Å²) < 4.78 is 25.4. The summed E-state index contributed by atoms with van der Waals surface area (Å²) in [7, 11) is -3.66. The van der Waals surface area contributed by atoms with Crippen LogP contribution >= 0.6 is 37.1 Å². The van der Waals surface area contributed by atoms with Crippen molar-refractivity contribution >= 4 is 61.2 Å². The van der Waals surface area contributed by atoms with E-state index in [1.807, 2.05) is 4.90 Å². The minimum absolute atomic E-state index is 0.0583. The topological polar surface area (TPSA) is 66.6 Å². The van der Waals surface area contributed by atoms with Crippen LogP contribution in [0.3, 0.4) is 0 Å². The molecule has 1 heterocycles. The molecule has 0 radical (unpaired) electrons. The molecule has 0 atom stereocenters. The maximum atomic E-state index is 12.5. The van der Waals surface area contributed by atoms with Gasteiger partial charge in [-0.25, -0.2) is 8.42 Å². The van der Waals surface area contributed by atoms with Crippen LogP contribution in [0.15, 0.2) is 29.2 Å². The van der Waals surface area contributed by atoms with Crippen molar-refractivity contribution in [3.05, 3.63) is 24.3 Å². The van der Waals surface area contributed by atoms with E-state index in [1.54, 1.807) is 17.0 Å². The average molecular weight is 362 g/mol. The molecule has 2 N–H and O–H groups in total. The first kappa shape index (κ1) is 16.5. The molecule has 1 fully saturated rings. The Kier molecular flexibility index (Phi) is 5.07. The van der Waals surface area contributed by atoms with E-state index in [9.17, 15) is 8.42 Å². The highest BCUT2D eigenvalue weighted by atomic mass is 32.2. The van der Waals surface area contributed by atoms with Crippen molar-refractivity contribution < 1.29 is 8.42 Å². The fourth-order valence-corrected chi connectivity index (χ4v) is 4.07. The van der Waals surface area contributed by atoms with Crippen molar-refractivity contribution in [2.75, 3.05) is 31.9 Å². The lowest BCUT2D eigenvalue weighted by molar-refractivity contribution is 0.270. The zero-order valence-electron chi connectivity index (χ0n) is 11.1. The molecule has 0 spiro atoms. The van der Waals surface area contributed by atoms with E-state index in [0.29, 0.717) is 36.2 Å². The van der Waals surface area contributed by atoms with Crippen molar-refractivity contribution in [1.29, 1.82) is 0 Å². The molecule has 1 aromatic carbocycles. The number of rotatable bonds is 1. The highest BCUT2D eigenvalue weighted by molar-refractivity contribution is 8.17. The van der Waals surface area contributed by atoms with E-state index in [0.717, 1.165) is 0 Å². The van der Waals surface area contributed by atoms with E-state index in [1.165, 1.54) is 12.1 Å². The van der Waals surface area contributed by atoms with Gasteiger partial charge < -0.3 is 15.5 Å². The predicted molar refractivity (Wildman–Crippen MR) is 95.4 cm³/mol. The Bertz CT molecular complexity index is 650. The quantitative estimate of drug-likeness (QED) is 0.442. The normalized spacial score (nSPS) is 15.9. The number of benzene rings is 1. The number of thiol groups is 1. The number of nitrogens with two attached hydrogens (primary N) is 1. The third-order valence-electron chi connectivity index (χ3n) is 3.23. The number of thiocarbonyl (C=S) groups is 2. The molecule has 0 amide bonds. The van der Waals surface area contributed by atoms with Crippen molar-refractivity contribution in [2.24, 2.45) is 0 Å². The van der Waals surface area contributed by atoms with E-state index >= 15 is 0 Å². The molecule has 0 aliphatic carbocycles. The molecule has 0 unspecified atom stereocenters.